The van der Waals surface area contributed by atoms with Crippen molar-refractivity contribution >= 4 is 22.9 Å². The Labute approximate surface area is 92.9 Å². The third-order valence-corrected chi connectivity index (χ3v) is 3.71. The minimum Gasteiger partial charge on any atom is -0.330 e. The SMILES string of the molecule is NC[C@H]1CCN(Cc2cnc(Cl)s2)C1. The van der Waals surface area contributed by atoms with Crippen LogP contribution in [-0.4, -0.2) is 29.5 Å². The Morgan fingerprint density at radius 1 is 1.71 bits per heavy atom. The highest BCUT2D eigenvalue weighted by atomic mass is 35.5. The summed E-state index contributed by atoms with van der Waals surface area (Å²) >= 11 is 7.34. The average Bonchev–Trinajstić information content (AvgIpc) is 2.76. The number of halogens is 1. The Morgan fingerprint density at radius 3 is 3.14 bits per heavy atom. The first-order valence-electron chi connectivity index (χ1n) is 4.80. The van der Waals surface area contributed by atoms with Crippen LogP contribution in [-0.2, 0) is 6.54 Å². The first kappa shape index (κ1) is 10.4. The molecule has 2 rings (SSSR count). The van der Waals surface area contributed by atoms with Gasteiger partial charge in [0.15, 0.2) is 4.47 Å². The number of rotatable bonds is 3. The monoisotopic (exact) mass is 231 g/mol. The van der Waals surface area contributed by atoms with Crippen LogP contribution in [0.4, 0.5) is 0 Å². The predicted octanol–water partition coefficient (Wildman–Crippen LogP) is 1.58. The molecule has 1 saturated heterocycles. The summed E-state index contributed by atoms with van der Waals surface area (Å²) in [7, 11) is 0. The fourth-order valence-corrected chi connectivity index (χ4v) is 2.85. The van der Waals surface area contributed by atoms with Crippen molar-refractivity contribution in [1.29, 1.82) is 0 Å². The van der Waals surface area contributed by atoms with E-state index in [0.29, 0.717) is 10.4 Å². The van der Waals surface area contributed by atoms with Crippen molar-refractivity contribution < 1.29 is 0 Å². The van der Waals surface area contributed by atoms with Gasteiger partial charge in [0.2, 0.25) is 0 Å². The lowest BCUT2D eigenvalue weighted by atomic mass is 10.1. The zero-order valence-corrected chi connectivity index (χ0v) is 9.52. The van der Waals surface area contributed by atoms with Crippen molar-refractivity contribution in [3.05, 3.63) is 15.5 Å². The average molecular weight is 232 g/mol. The molecule has 1 aromatic heterocycles. The van der Waals surface area contributed by atoms with Crippen molar-refractivity contribution in [2.45, 2.75) is 13.0 Å². The van der Waals surface area contributed by atoms with Crippen LogP contribution < -0.4 is 5.73 Å². The summed E-state index contributed by atoms with van der Waals surface area (Å²) in [6.07, 6.45) is 3.09. The molecule has 2 heterocycles. The lowest BCUT2D eigenvalue weighted by molar-refractivity contribution is 0.320. The molecular weight excluding hydrogens is 218 g/mol. The highest BCUT2D eigenvalue weighted by molar-refractivity contribution is 7.15. The van der Waals surface area contributed by atoms with Crippen LogP contribution in [0.2, 0.25) is 4.47 Å². The van der Waals surface area contributed by atoms with Gasteiger partial charge in [0.25, 0.3) is 0 Å². The van der Waals surface area contributed by atoms with Crippen LogP contribution in [0.25, 0.3) is 0 Å². The van der Waals surface area contributed by atoms with E-state index in [-0.39, 0.29) is 0 Å². The van der Waals surface area contributed by atoms with Crippen LogP contribution in [0.15, 0.2) is 6.20 Å². The molecule has 2 N–H and O–H groups in total. The topological polar surface area (TPSA) is 42.1 Å². The second kappa shape index (κ2) is 4.57. The molecule has 5 heteroatoms. The largest absolute Gasteiger partial charge is 0.330 e. The first-order chi connectivity index (χ1) is 6.78. The number of hydrogen-bond acceptors (Lipinski definition) is 4. The van der Waals surface area contributed by atoms with E-state index in [1.165, 1.54) is 11.3 Å². The molecule has 78 valence electrons. The lowest BCUT2D eigenvalue weighted by Gasteiger charge is -2.13. The van der Waals surface area contributed by atoms with Crippen LogP contribution in [0.3, 0.4) is 0 Å². The molecule has 14 heavy (non-hydrogen) atoms. The zero-order valence-electron chi connectivity index (χ0n) is 7.95. The molecule has 0 aromatic carbocycles. The number of thiazole rings is 1. The van der Waals surface area contributed by atoms with E-state index < -0.39 is 0 Å². The van der Waals surface area contributed by atoms with Crippen molar-refractivity contribution in [2.75, 3.05) is 19.6 Å². The van der Waals surface area contributed by atoms with E-state index >= 15 is 0 Å². The Morgan fingerprint density at radius 2 is 2.57 bits per heavy atom. The van der Waals surface area contributed by atoms with Gasteiger partial charge in [-0.3, -0.25) is 4.90 Å². The van der Waals surface area contributed by atoms with Gasteiger partial charge < -0.3 is 5.73 Å². The van der Waals surface area contributed by atoms with Crippen LogP contribution in [0, 0.1) is 5.92 Å². The summed E-state index contributed by atoms with van der Waals surface area (Å²) in [4.78, 5) is 7.69. The highest BCUT2D eigenvalue weighted by Gasteiger charge is 2.21. The van der Waals surface area contributed by atoms with Gasteiger partial charge in [-0.2, -0.15) is 0 Å². The Hall–Kier alpha value is -0.160. The Kier molecular flexibility index (Phi) is 3.38. The van der Waals surface area contributed by atoms with Gasteiger partial charge in [-0.25, -0.2) is 4.98 Å². The van der Waals surface area contributed by atoms with E-state index in [1.54, 1.807) is 11.3 Å². The third-order valence-electron chi connectivity index (χ3n) is 2.61. The van der Waals surface area contributed by atoms with Gasteiger partial charge in [0.1, 0.15) is 0 Å². The first-order valence-corrected chi connectivity index (χ1v) is 6.00. The van der Waals surface area contributed by atoms with Gasteiger partial charge in [-0.1, -0.05) is 11.6 Å². The third kappa shape index (κ3) is 2.45. The Balaban J connectivity index is 1.87. The smallest absolute Gasteiger partial charge is 0.183 e. The van der Waals surface area contributed by atoms with Gasteiger partial charge >= 0.3 is 0 Å². The minimum absolute atomic E-state index is 0.634. The molecule has 1 fully saturated rings. The molecule has 0 unspecified atom stereocenters. The molecule has 0 radical (unpaired) electrons. The standard InChI is InChI=1S/C9H14ClN3S/c10-9-12-4-8(14-9)6-13-2-1-7(3-11)5-13/h4,7H,1-3,5-6,11H2/t7-/m1/s1. The maximum atomic E-state index is 5.77. The maximum absolute atomic E-state index is 5.77. The summed E-state index contributed by atoms with van der Waals surface area (Å²) in [5.41, 5.74) is 5.64. The molecule has 1 aliphatic rings. The maximum Gasteiger partial charge on any atom is 0.183 e. The number of likely N-dealkylation sites (tertiary alicyclic amines) is 1. The molecule has 0 saturated carbocycles. The van der Waals surface area contributed by atoms with Crippen molar-refractivity contribution in [1.82, 2.24) is 9.88 Å². The fourth-order valence-electron chi connectivity index (χ4n) is 1.83. The van der Waals surface area contributed by atoms with E-state index in [9.17, 15) is 0 Å². The fraction of sp³-hybridized carbons (Fsp3) is 0.667. The minimum atomic E-state index is 0.634. The van der Waals surface area contributed by atoms with E-state index in [1.807, 2.05) is 6.20 Å². The summed E-state index contributed by atoms with van der Waals surface area (Å²) in [6.45, 7) is 4.05. The van der Waals surface area contributed by atoms with Crippen molar-refractivity contribution in [2.24, 2.45) is 11.7 Å². The zero-order chi connectivity index (χ0) is 9.97. The van der Waals surface area contributed by atoms with Gasteiger partial charge in [-0.05, 0) is 25.4 Å². The number of nitrogens with two attached hydrogens (primary N) is 1. The lowest BCUT2D eigenvalue weighted by Crippen LogP contribution is -2.22. The quantitative estimate of drug-likeness (QED) is 0.859. The van der Waals surface area contributed by atoms with Crippen LogP contribution >= 0.6 is 22.9 Å². The van der Waals surface area contributed by atoms with E-state index in [4.69, 9.17) is 17.3 Å². The number of nitrogens with zero attached hydrogens (tertiary/aromatic N) is 2. The van der Waals surface area contributed by atoms with E-state index in [0.717, 1.165) is 26.2 Å². The second-order valence-electron chi connectivity index (χ2n) is 3.71. The summed E-state index contributed by atoms with van der Waals surface area (Å²) < 4.78 is 0.634. The van der Waals surface area contributed by atoms with Crippen molar-refractivity contribution in [3.63, 3.8) is 0 Å². The van der Waals surface area contributed by atoms with E-state index in [2.05, 4.69) is 9.88 Å². The second-order valence-corrected chi connectivity index (χ2v) is 5.40. The molecule has 3 nitrogen and oxygen atoms in total. The van der Waals surface area contributed by atoms with Gasteiger partial charge in [0, 0.05) is 24.2 Å². The van der Waals surface area contributed by atoms with Gasteiger partial charge in [-0.15, -0.1) is 11.3 Å². The van der Waals surface area contributed by atoms with Crippen molar-refractivity contribution in [3.8, 4) is 0 Å². The normalized spacial score (nSPS) is 23.1. The number of hydrogen-bond donors (Lipinski definition) is 1. The molecule has 0 aliphatic carbocycles. The molecule has 0 bridgehead atoms. The molecule has 0 amide bonds. The Bertz CT molecular complexity index is 302. The molecule has 1 atom stereocenters. The summed E-state index contributed by atoms with van der Waals surface area (Å²) in [6, 6.07) is 0. The van der Waals surface area contributed by atoms with Crippen LogP contribution in [0.5, 0.6) is 0 Å². The summed E-state index contributed by atoms with van der Waals surface area (Å²) in [5, 5.41) is 0. The molecule has 1 aromatic rings. The molecule has 0 spiro atoms. The number of aromatic nitrogens is 1. The molecule has 1 aliphatic heterocycles. The summed E-state index contributed by atoms with van der Waals surface area (Å²) in [5.74, 6) is 0.679. The predicted molar refractivity (Wildman–Crippen MR) is 59.6 cm³/mol. The van der Waals surface area contributed by atoms with Crippen LogP contribution in [0.1, 0.15) is 11.3 Å². The molecular formula is C9H14ClN3S. The highest BCUT2D eigenvalue weighted by Crippen LogP contribution is 2.22. The van der Waals surface area contributed by atoms with Gasteiger partial charge in [0.05, 0.1) is 0 Å².